The Morgan fingerprint density at radius 3 is 2.29 bits per heavy atom. The molecule has 0 aliphatic heterocycles. The largest absolute Gasteiger partial charge is 0.418 e. The second-order valence-corrected chi connectivity index (χ2v) is 8.74. The van der Waals surface area contributed by atoms with E-state index in [1.807, 2.05) is 0 Å². The molecule has 0 spiro atoms. The summed E-state index contributed by atoms with van der Waals surface area (Å²) in [7, 11) is -4.06. The second-order valence-electron chi connectivity index (χ2n) is 6.82. The fourth-order valence-electron chi connectivity index (χ4n) is 3.38. The van der Waals surface area contributed by atoms with E-state index in [1.165, 1.54) is 41.0 Å². The van der Waals surface area contributed by atoms with Crippen molar-refractivity contribution in [3.05, 3.63) is 88.1 Å². The lowest BCUT2D eigenvalue weighted by Crippen LogP contribution is -2.12. The summed E-state index contributed by atoms with van der Waals surface area (Å²) in [6, 6.07) is 16.1. The van der Waals surface area contributed by atoms with E-state index in [0.29, 0.717) is 23.4 Å². The maximum atomic E-state index is 13.6. The smallest absolute Gasteiger partial charge is 0.317 e. The van der Waals surface area contributed by atoms with Crippen molar-refractivity contribution in [3.63, 3.8) is 0 Å². The minimum Gasteiger partial charge on any atom is -0.317 e. The van der Waals surface area contributed by atoms with Crippen LogP contribution >= 0.6 is 0 Å². The normalized spacial score (nSPS) is 12.6. The number of benzene rings is 2. The Labute approximate surface area is 178 Å². The number of halogens is 3. The predicted molar refractivity (Wildman–Crippen MR) is 112 cm³/mol. The number of aromatic nitrogens is 1. The van der Waals surface area contributed by atoms with Gasteiger partial charge in [0.15, 0.2) is 0 Å². The fourth-order valence-corrected chi connectivity index (χ4v) is 4.55. The zero-order chi connectivity index (χ0) is 22.8. The van der Waals surface area contributed by atoms with Crippen molar-refractivity contribution in [1.82, 2.24) is 4.57 Å². The molecule has 0 saturated heterocycles. The van der Waals surface area contributed by atoms with Gasteiger partial charge in [-0.2, -0.15) is 18.4 Å². The number of hydrogen-bond donors (Lipinski definition) is 0. The molecule has 2 aromatic carbocycles. The zero-order valence-corrected chi connectivity index (χ0v) is 17.6. The number of nitriles is 1. The molecule has 0 N–H and O–H groups in total. The van der Waals surface area contributed by atoms with Crippen LogP contribution in [0, 0.1) is 18.3 Å². The molecule has 160 valence electrons. The van der Waals surface area contributed by atoms with Crippen molar-refractivity contribution in [1.29, 1.82) is 5.26 Å². The average molecular weight is 444 g/mol. The minimum atomic E-state index is -4.55. The molecular formula is C23H19F3N2O2S. The van der Waals surface area contributed by atoms with Gasteiger partial charge in [-0.15, -0.1) is 0 Å². The van der Waals surface area contributed by atoms with Gasteiger partial charge < -0.3 is 4.57 Å². The third-order valence-corrected chi connectivity index (χ3v) is 6.60. The fraction of sp³-hybridized carbons (Fsp3) is 0.174. The van der Waals surface area contributed by atoms with Crippen LogP contribution in [0.1, 0.15) is 29.4 Å². The van der Waals surface area contributed by atoms with Crippen LogP contribution in [0.2, 0.25) is 0 Å². The summed E-state index contributed by atoms with van der Waals surface area (Å²) in [6.45, 7) is 3.39. The number of rotatable bonds is 5. The van der Waals surface area contributed by atoms with Gasteiger partial charge in [0.1, 0.15) is 11.0 Å². The third kappa shape index (κ3) is 4.28. The molecule has 0 aliphatic rings. The lowest BCUT2D eigenvalue weighted by atomic mass is 10.1. The molecule has 1 heterocycles. The van der Waals surface area contributed by atoms with Gasteiger partial charge in [0.25, 0.3) is 0 Å². The van der Waals surface area contributed by atoms with Gasteiger partial charge in [0, 0.05) is 11.4 Å². The highest BCUT2D eigenvalue weighted by Crippen LogP contribution is 2.36. The van der Waals surface area contributed by atoms with Crippen LogP contribution < -0.4 is 0 Å². The van der Waals surface area contributed by atoms with E-state index < -0.39 is 26.5 Å². The Morgan fingerprint density at radius 2 is 1.71 bits per heavy atom. The lowest BCUT2D eigenvalue weighted by Gasteiger charge is -2.17. The van der Waals surface area contributed by atoms with Gasteiger partial charge in [-0.25, -0.2) is 8.42 Å². The molecule has 0 fully saturated rings. The van der Waals surface area contributed by atoms with Crippen LogP contribution in [-0.2, 0) is 22.4 Å². The second kappa shape index (κ2) is 8.44. The Kier molecular flexibility index (Phi) is 6.09. The molecule has 0 saturated carbocycles. The minimum absolute atomic E-state index is 0.0296. The first-order valence-electron chi connectivity index (χ1n) is 9.41. The van der Waals surface area contributed by atoms with Crippen LogP contribution in [0.15, 0.2) is 70.5 Å². The maximum Gasteiger partial charge on any atom is 0.418 e. The summed E-state index contributed by atoms with van der Waals surface area (Å²) in [5.41, 5.74) is 0.495. The number of aryl methyl sites for hydroxylation is 1. The first-order chi connectivity index (χ1) is 14.6. The summed E-state index contributed by atoms with van der Waals surface area (Å²) < 4.78 is 67.9. The zero-order valence-electron chi connectivity index (χ0n) is 16.8. The molecule has 4 nitrogen and oxygen atoms in total. The van der Waals surface area contributed by atoms with Crippen LogP contribution in [0.25, 0.3) is 11.8 Å². The quantitative estimate of drug-likeness (QED) is 0.474. The van der Waals surface area contributed by atoms with Crippen LogP contribution in [0.3, 0.4) is 0 Å². The lowest BCUT2D eigenvalue weighted by molar-refractivity contribution is -0.137. The molecule has 1 aromatic heterocycles. The van der Waals surface area contributed by atoms with Crippen molar-refractivity contribution in [2.75, 3.05) is 0 Å². The van der Waals surface area contributed by atoms with Gasteiger partial charge >= 0.3 is 6.18 Å². The van der Waals surface area contributed by atoms with E-state index in [2.05, 4.69) is 0 Å². The van der Waals surface area contributed by atoms with Crippen molar-refractivity contribution < 1.29 is 21.6 Å². The van der Waals surface area contributed by atoms with Crippen molar-refractivity contribution >= 4 is 15.9 Å². The molecule has 0 bridgehead atoms. The highest BCUT2D eigenvalue weighted by molar-refractivity contribution is 7.95. The summed E-state index contributed by atoms with van der Waals surface area (Å²) in [4.78, 5) is -0.510. The van der Waals surface area contributed by atoms with Crippen LogP contribution in [0.5, 0.6) is 0 Å². The number of allylic oxidation sites excluding steroid dienone is 1. The number of nitrogens with zero attached hydrogens (tertiary/aromatic N) is 2. The van der Waals surface area contributed by atoms with Gasteiger partial charge in [-0.3, -0.25) is 0 Å². The molecule has 0 atom stereocenters. The third-order valence-electron chi connectivity index (χ3n) is 4.91. The van der Waals surface area contributed by atoms with E-state index in [4.69, 9.17) is 0 Å². The van der Waals surface area contributed by atoms with Gasteiger partial charge in [-0.1, -0.05) is 37.3 Å². The Hall–Kier alpha value is -3.31. The molecule has 0 unspecified atom stereocenters. The number of hydrogen-bond acceptors (Lipinski definition) is 3. The Bertz CT molecular complexity index is 1280. The Balaban J connectivity index is 2.21. The number of sulfone groups is 1. The molecule has 8 heteroatoms. The monoisotopic (exact) mass is 444 g/mol. The van der Waals surface area contributed by atoms with Crippen molar-refractivity contribution in [3.8, 4) is 11.8 Å². The van der Waals surface area contributed by atoms with Crippen molar-refractivity contribution in [2.45, 2.75) is 31.3 Å². The molecule has 31 heavy (non-hydrogen) atoms. The first kappa shape index (κ1) is 22.4. The predicted octanol–water partition coefficient (Wildman–Crippen LogP) is 5.71. The first-order valence-corrected chi connectivity index (χ1v) is 10.9. The number of para-hydroxylation sites is 1. The van der Waals surface area contributed by atoms with E-state index in [-0.39, 0.29) is 10.6 Å². The summed E-state index contributed by atoms with van der Waals surface area (Å²) >= 11 is 0. The standard InChI is InChI=1S/C23H19F3N2O2S/c1-3-18-13-17(14-20(15-27)31(29,30)19-9-5-4-6-10-19)16(2)28(18)22-12-8-7-11-21(22)23(24,25)26/h4-14H,3H2,1-2H3/b20-14+. The Morgan fingerprint density at radius 1 is 1.10 bits per heavy atom. The van der Waals surface area contributed by atoms with Gasteiger partial charge in [-0.05, 0) is 55.3 Å². The van der Waals surface area contributed by atoms with Gasteiger partial charge in [0.2, 0.25) is 9.84 Å². The topological polar surface area (TPSA) is 62.9 Å². The highest BCUT2D eigenvalue weighted by atomic mass is 32.2. The van der Waals surface area contributed by atoms with Crippen LogP contribution in [0.4, 0.5) is 13.2 Å². The maximum absolute atomic E-state index is 13.6. The van der Waals surface area contributed by atoms with Crippen molar-refractivity contribution in [2.24, 2.45) is 0 Å². The molecule has 0 amide bonds. The van der Waals surface area contributed by atoms with E-state index in [0.717, 1.165) is 6.07 Å². The molecule has 0 aliphatic carbocycles. The average Bonchev–Trinajstić information content (AvgIpc) is 3.07. The summed E-state index contributed by atoms with van der Waals surface area (Å²) in [5, 5.41) is 9.52. The van der Waals surface area contributed by atoms with Crippen LogP contribution in [-0.4, -0.2) is 13.0 Å². The summed E-state index contributed by atoms with van der Waals surface area (Å²) in [5.74, 6) is 0. The molecule has 3 rings (SSSR count). The van der Waals surface area contributed by atoms with E-state index in [1.54, 1.807) is 44.2 Å². The molecule has 0 radical (unpaired) electrons. The SMILES string of the molecule is CCc1cc(/C=C(\C#N)S(=O)(=O)c2ccccc2)c(C)n1-c1ccccc1C(F)(F)F. The molecular weight excluding hydrogens is 425 g/mol. The van der Waals surface area contributed by atoms with E-state index >= 15 is 0 Å². The number of alkyl halides is 3. The summed E-state index contributed by atoms with van der Waals surface area (Å²) in [6.07, 6.45) is -2.93. The highest BCUT2D eigenvalue weighted by Gasteiger charge is 2.34. The van der Waals surface area contributed by atoms with Gasteiger partial charge in [0.05, 0.1) is 16.1 Å². The molecule has 3 aromatic rings. The van der Waals surface area contributed by atoms with E-state index in [9.17, 15) is 26.9 Å².